The number of carbonyl (C=O) groups excluding carboxylic acids is 1. The summed E-state index contributed by atoms with van der Waals surface area (Å²) in [5.74, 6) is 0. The second kappa shape index (κ2) is 8.71. The van der Waals surface area contributed by atoms with Crippen molar-refractivity contribution in [2.45, 2.75) is 32.9 Å². The van der Waals surface area contributed by atoms with Crippen molar-refractivity contribution in [3.05, 3.63) is 56.9 Å². The number of nitrogens with zero attached hydrogens (tertiary/aromatic N) is 3. The SMILES string of the molecule is Cn1cc(-c2cccc(CN3CCN(C(=O)OC(C)(C)C)CC3)c2)c(Br)cc1=O. The lowest BCUT2D eigenvalue weighted by molar-refractivity contribution is 0.0139. The lowest BCUT2D eigenvalue weighted by Gasteiger charge is -2.35. The van der Waals surface area contributed by atoms with E-state index in [4.69, 9.17) is 4.74 Å². The van der Waals surface area contributed by atoms with E-state index in [9.17, 15) is 9.59 Å². The number of benzene rings is 1. The minimum Gasteiger partial charge on any atom is -0.444 e. The van der Waals surface area contributed by atoms with Crippen LogP contribution in [-0.4, -0.2) is 52.2 Å². The fourth-order valence-electron chi connectivity index (χ4n) is 3.33. The second-order valence-electron chi connectivity index (χ2n) is 8.43. The Kier molecular flexibility index (Phi) is 6.49. The van der Waals surface area contributed by atoms with Crippen LogP contribution in [0.2, 0.25) is 0 Å². The smallest absolute Gasteiger partial charge is 0.410 e. The highest BCUT2D eigenvalue weighted by atomic mass is 79.9. The van der Waals surface area contributed by atoms with Crippen molar-refractivity contribution in [3.63, 3.8) is 0 Å². The number of aromatic nitrogens is 1. The summed E-state index contributed by atoms with van der Waals surface area (Å²) in [6.07, 6.45) is 1.61. The third-order valence-electron chi connectivity index (χ3n) is 4.85. The van der Waals surface area contributed by atoms with E-state index < -0.39 is 5.60 Å². The quantitative estimate of drug-likeness (QED) is 0.695. The lowest BCUT2D eigenvalue weighted by atomic mass is 10.0. The van der Waals surface area contributed by atoms with Crippen molar-refractivity contribution in [2.24, 2.45) is 7.05 Å². The van der Waals surface area contributed by atoms with Gasteiger partial charge >= 0.3 is 6.09 Å². The number of amides is 1. The molecule has 2 heterocycles. The molecule has 0 bridgehead atoms. The van der Waals surface area contributed by atoms with Gasteiger partial charge in [-0.2, -0.15) is 0 Å². The molecule has 0 atom stereocenters. The third-order valence-corrected chi connectivity index (χ3v) is 5.50. The molecule has 7 heteroatoms. The fourth-order valence-corrected chi connectivity index (χ4v) is 3.86. The van der Waals surface area contributed by atoms with Crippen molar-refractivity contribution in [3.8, 4) is 11.1 Å². The average Bonchev–Trinajstić information content (AvgIpc) is 2.64. The van der Waals surface area contributed by atoms with Gasteiger partial charge < -0.3 is 14.2 Å². The van der Waals surface area contributed by atoms with Gasteiger partial charge in [-0.15, -0.1) is 0 Å². The van der Waals surface area contributed by atoms with E-state index in [1.807, 2.05) is 33.0 Å². The summed E-state index contributed by atoms with van der Waals surface area (Å²) >= 11 is 3.51. The van der Waals surface area contributed by atoms with Gasteiger partial charge in [0.2, 0.25) is 0 Å². The molecule has 0 saturated carbocycles. The summed E-state index contributed by atoms with van der Waals surface area (Å²) < 4.78 is 7.85. The van der Waals surface area contributed by atoms with E-state index in [0.29, 0.717) is 13.1 Å². The molecule has 1 amide bonds. The van der Waals surface area contributed by atoms with Gasteiger partial charge in [0, 0.05) is 62.1 Å². The summed E-state index contributed by atoms with van der Waals surface area (Å²) in [6, 6.07) is 9.95. The first-order chi connectivity index (χ1) is 13.6. The topological polar surface area (TPSA) is 54.8 Å². The van der Waals surface area contributed by atoms with Crippen LogP contribution in [0.5, 0.6) is 0 Å². The van der Waals surface area contributed by atoms with Crippen molar-refractivity contribution in [1.82, 2.24) is 14.4 Å². The zero-order chi connectivity index (χ0) is 21.2. The Labute approximate surface area is 180 Å². The van der Waals surface area contributed by atoms with Gasteiger partial charge in [-0.05, 0) is 53.9 Å². The highest BCUT2D eigenvalue weighted by Gasteiger charge is 2.25. The number of piperazine rings is 1. The molecule has 0 radical (unpaired) electrons. The van der Waals surface area contributed by atoms with Gasteiger partial charge in [0.15, 0.2) is 0 Å². The summed E-state index contributed by atoms with van der Waals surface area (Å²) in [7, 11) is 1.76. The van der Waals surface area contributed by atoms with Crippen molar-refractivity contribution in [1.29, 1.82) is 0 Å². The predicted octanol–water partition coefficient (Wildman–Crippen LogP) is 3.87. The highest BCUT2D eigenvalue weighted by molar-refractivity contribution is 9.10. The van der Waals surface area contributed by atoms with Gasteiger partial charge in [0.05, 0.1) is 0 Å². The Balaban J connectivity index is 1.64. The normalized spacial score (nSPS) is 15.4. The van der Waals surface area contributed by atoms with Crippen LogP contribution in [0.15, 0.2) is 45.8 Å². The monoisotopic (exact) mass is 461 g/mol. The molecule has 0 spiro atoms. The van der Waals surface area contributed by atoms with E-state index >= 15 is 0 Å². The van der Waals surface area contributed by atoms with E-state index in [-0.39, 0.29) is 11.7 Å². The minimum absolute atomic E-state index is 0.0420. The van der Waals surface area contributed by atoms with Crippen LogP contribution in [0.25, 0.3) is 11.1 Å². The van der Waals surface area contributed by atoms with E-state index in [1.54, 1.807) is 22.6 Å². The number of carbonyl (C=O) groups is 1. The first-order valence-electron chi connectivity index (χ1n) is 9.78. The van der Waals surface area contributed by atoms with Crippen LogP contribution in [-0.2, 0) is 18.3 Å². The molecule has 1 fully saturated rings. The van der Waals surface area contributed by atoms with E-state index in [1.165, 1.54) is 5.56 Å². The van der Waals surface area contributed by atoms with Crippen molar-refractivity contribution >= 4 is 22.0 Å². The number of hydrogen-bond donors (Lipinski definition) is 0. The van der Waals surface area contributed by atoms with Crippen molar-refractivity contribution < 1.29 is 9.53 Å². The molecule has 156 valence electrons. The number of rotatable bonds is 3. The number of halogens is 1. The van der Waals surface area contributed by atoms with Crippen molar-refractivity contribution in [2.75, 3.05) is 26.2 Å². The Hall–Kier alpha value is -2.12. The standard InChI is InChI=1S/C22H28BrN3O3/c1-22(2,3)29-21(28)26-10-8-25(9-11-26)14-16-6-5-7-17(12-16)18-15-24(4)20(27)13-19(18)23/h5-7,12-13,15H,8-11,14H2,1-4H3. The zero-order valence-electron chi connectivity index (χ0n) is 17.4. The molecule has 0 aliphatic carbocycles. The number of pyridine rings is 1. The average molecular weight is 462 g/mol. The second-order valence-corrected chi connectivity index (χ2v) is 9.28. The van der Waals surface area contributed by atoms with Crippen LogP contribution in [0.3, 0.4) is 0 Å². The Bertz CT molecular complexity index is 941. The molecular formula is C22H28BrN3O3. The molecule has 1 saturated heterocycles. The van der Waals surface area contributed by atoms with Gasteiger partial charge in [0.1, 0.15) is 5.60 Å². The minimum atomic E-state index is -0.468. The molecule has 1 aromatic carbocycles. The predicted molar refractivity (Wildman–Crippen MR) is 118 cm³/mol. The molecule has 0 N–H and O–H groups in total. The summed E-state index contributed by atoms with van der Waals surface area (Å²) in [5.41, 5.74) is 2.75. The Morgan fingerprint density at radius 3 is 2.48 bits per heavy atom. The van der Waals surface area contributed by atoms with Gasteiger partial charge in [-0.1, -0.05) is 18.2 Å². The molecule has 1 aliphatic heterocycles. The maximum Gasteiger partial charge on any atom is 0.410 e. The summed E-state index contributed by atoms with van der Waals surface area (Å²) in [6.45, 7) is 9.44. The molecule has 0 unspecified atom stereocenters. The summed E-state index contributed by atoms with van der Waals surface area (Å²) in [5, 5.41) is 0. The van der Waals surface area contributed by atoms with E-state index in [2.05, 4.69) is 39.0 Å². The van der Waals surface area contributed by atoms with Crippen LogP contribution in [0.4, 0.5) is 4.79 Å². The number of aryl methyl sites for hydroxylation is 1. The fraction of sp³-hybridized carbons (Fsp3) is 0.455. The molecule has 6 nitrogen and oxygen atoms in total. The maximum absolute atomic E-state index is 12.2. The molecule has 2 aromatic rings. The zero-order valence-corrected chi connectivity index (χ0v) is 19.0. The van der Waals surface area contributed by atoms with Gasteiger partial charge in [-0.25, -0.2) is 4.79 Å². The van der Waals surface area contributed by atoms with Crippen LogP contribution >= 0.6 is 15.9 Å². The van der Waals surface area contributed by atoms with E-state index in [0.717, 1.165) is 35.2 Å². The molecule has 1 aliphatic rings. The van der Waals surface area contributed by atoms with Crippen LogP contribution in [0, 0.1) is 0 Å². The largest absolute Gasteiger partial charge is 0.444 e. The number of hydrogen-bond acceptors (Lipinski definition) is 4. The molecule has 3 rings (SSSR count). The maximum atomic E-state index is 12.2. The van der Waals surface area contributed by atoms with Crippen LogP contribution in [0.1, 0.15) is 26.3 Å². The first kappa shape index (κ1) is 21.6. The van der Waals surface area contributed by atoms with Gasteiger partial charge in [0.25, 0.3) is 5.56 Å². The summed E-state index contributed by atoms with van der Waals surface area (Å²) in [4.78, 5) is 28.1. The third kappa shape index (κ3) is 5.70. The van der Waals surface area contributed by atoms with Gasteiger partial charge in [-0.3, -0.25) is 9.69 Å². The number of ether oxygens (including phenoxy) is 1. The van der Waals surface area contributed by atoms with Crippen LogP contribution < -0.4 is 5.56 Å². The molecule has 1 aromatic heterocycles. The lowest BCUT2D eigenvalue weighted by Crippen LogP contribution is -2.49. The highest BCUT2D eigenvalue weighted by Crippen LogP contribution is 2.27. The Morgan fingerprint density at radius 2 is 1.83 bits per heavy atom. The molecular weight excluding hydrogens is 434 g/mol. The Morgan fingerprint density at radius 1 is 1.14 bits per heavy atom. The molecule has 29 heavy (non-hydrogen) atoms. The first-order valence-corrected chi connectivity index (χ1v) is 10.6.